The van der Waals surface area contributed by atoms with Crippen LogP contribution in [-0.4, -0.2) is 80.3 Å². The van der Waals surface area contributed by atoms with Crippen molar-refractivity contribution in [3.8, 4) is 0 Å². The Bertz CT molecular complexity index is 1090. The topological polar surface area (TPSA) is 73.0 Å². The van der Waals surface area contributed by atoms with Crippen LogP contribution in [0.2, 0.25) is 10.0 Å². The van der Waals surface area contributed by atoms with Gasteiger partial charge in [-0.1, -0.05) is 47.5 Å². The standard InChI is InChI=1S/C24H30Cl2N4O3S/c25-22-9-8-19(14-23(22)26)15-27-16-24(31)30-13-12-29(18-20(30)17-28-10-4-5-11-28)34(32,33)21-6-2-1-3-7-21/h1-3,6-9,14,20,27H,4-5,10-13,15-18H2. The molecule has 0 aliphatic carbocycles. The lowest BCUT2D eigenvalue weighted by molar-refractivity contribution is -0.134. The largest absolute Gasteiger partial charge is 0.335 e. The number of sulfonamides is 1. The molecule has 2 fully saturated rings. The van der Waals surface area contributed by atoms with Crippen molar-refractivity contribution in [1.29, 1.82) is 0 Å². The van der Waals surface area contributed by atoms with Crippen molar-refractivity contribution in [3.05, 3.63) is 64.1 Å². The minimum Gasteiger partial charge on any atom is -0.335 e. The molecule has 0 radical (unpaired) electrons. The number of halogens is 2. The number of likely N-dealkylation sites (tertiary alicyclic amines) is 1. The van der Waals surface area contributed by atoms with Gasteiger partial charge in [-0.2, -0.15) is 4.31 Å². The molecule has 0 spiro atoms. The van der Waals surface area contributed by atoms with E-state index >= 15 is 0 Å². The zero-order valence-electron chi connectivity index (χ0n) is 19.0. The summed E-state index contributed by atoms with van der Waals surface area (Å²) in [6, 6.07) is 13.7. The third kappa shape index (κ3) is 6.11. The van der Waals surface area contributed by atoms with Gasteiger partial charge in [0, 0.05) is 32.7 Å². The van der Waals surface area contributed by atoms with Gasteiger partial charge in [0.1, 0.15) is 0 Å². The number of rotatable bonds is 8. The van der Waals surface area contributed by atoms with E-state index in [0.717, 1.165) is 31.5 Å². The Morgan fingerprint density at radius 1 is 0.971 bits per heavy atom. The lowest BCUT2D eigenvalue weighted by Gasteiger charge is -2.42. The number of hydrogen-bond donors (Lipinski definition) is 1. The maximum Gasteiger partial charge on any atom is 0.243 e. The zero-order valence-corrected chi connectivity index (χ0v) is 21.3. The second-order valence-electron chi connectivity index (χ2n) is 8.78. The number of piperazine rings is 1. The summed E-state index contributed by atoms with van der Waals surface area (Å²) >= 11 is 12.1. The van der Waals surface area contributed by atoms with Gasteiger partial charge in [0.25, 0.3) is 0 Å². The average Bonchev–Trinajstić information content (AvgIpc) is 3.35. The summed E-state index contributed by atoms with van der Waals surface area (Å²) in [5.41, 5.74) is 0.939. The Labute approximate surface area is 211 Å². The number of nitrogens with one attached hydrogen (secondary N) is 1. The van der Waals surface area contributed by atoms with Gasteiger partial charge in [-0.15, -0.1) is 0 Å². The minimum atomic E-state index is -3.60. The molecule has 0 bridgehead atoms. The molecule has 34 heavy (non-hydrogen) atoms. The highest BCUT2D eigenvalue weighted by Crippen LogP contribution is 2.23. The van der Waals surface area contributed by atoms with Crippen molar-refractivity contribution in [2.75, 3.05) is 45.8 Å². The van der Waals surface area contributed by atoms with Crippen LogP contribution in [0.25, 0.3) is 0 Å². The highest BCUT2D eigenvalue weighted by molar-refractivity contribution is 7.89. The lowest BCUT2D eigenvalue weighted by atomic mass is 10.1. The van der Waals surface area contributed by atoms with Gasteiger partial charge in [0.2, 0.25) is 15.9 Å². The summed E-state index contributed by atoms with van der Waals surface area (Å²) in [5, 5.41) is 4.16. The van der Waals surface area contributed by atoms with E-state index in [1.54, 1.807) is 42.5 Å². The van der Waals surface area contributed by atoms with Gasteiger partial charge >= 0.3 is 0 Å². The molecule has 2 aliphatic heterocycles. The number of carbonyl (C=O) groups excluding carboxylic acids is 1. The van der Waals surface area contributed by atoms with Crippen molar-refractivity contribution < 1.29 is 13.2 Å². The van der Waals surface area contributed by atoms with Gasteiger partial charge in [0.15, 0.2) is 0 Å². The van der Waals surface area contributed by atoms with Gasteiger partial charge < -0.3 is 15.1 Å². The quantitative estimate of drug-likeness (QED) is 0.574. The second-order valence-corrected chi connectivity index (χ2v) is 11.5. The second kappa shape index (κ2) is 11.4. The molecule has 1 atom stereocenters. The summed E-state index contributed by atoms with van der Waals surface area (Å²) in [4.78, 5) is 17.6. The SMILES string of the molecule is O=C(CNCc1ccc(Cl)c(Cl)c1)N1CCN(S(=O)(=O)c2ccccc2)CC1CN1CCCC1. The van der Waals surface area contributed by atoms with Crippen LogP contribution >= 0.6 is 23.2 Å². The number of nitrogens with zero attached hydrogens (tertiary/aromatic N) is 3. The Morgan fingerprint density at radius 2 is 1.71 bits per heavy atom. The highest BCUT2D eigenvalue weighted by atomic mass is 35.5. The van der Waals surface area contributed by atoms with E-state index in [4.69, 9.17) is 23.2 Å². The first-order valence-electron chi connectivity index (χ1n) is 11.6. The van der Waals surface area contributed by atoms with E-state index < -0.39 is 10.0 Å². The van der Waals surface area contributed by atoms with E-state index in [1.165, 1.54) is 4.31 Å². The molecule has 0 aromatic heterocycles. The molecule has 2 aromatic rings. The summed E-state index contributed by atoms with van der Waals surface area (Å²) in [6.07, 6.45) is 2.27. The predicted octanol–water partition coefficient (Wildman–Crippen LogP) is 3.08. The van der Waals surface area contributed by atoms with E-state index in [9.17, 15) is 13.2 Å². The molecule has 1 unspecified atom stereocenters. The molecule has 10 heteroatoms. The minimum absolute atomic E-state index is 0.0268. The van der Waals surface area contributed by atoms with E-state index in [1.807, 2.05) is 11.0 Å². The Morgan fingerprint density at radius 3 is 2.41 bits per heavy atom. The lowest BCUT2D eigenvalue weighted by Crippen LogP contribution is -2.60. The third-order valence-electron chi connectivity index (χ3n) is 6.40. The monoisotopic (exact) mass is 524 g/mol. The fourth-order valence-corrected chi connectivity index (χ4v) is 6.41. The molecule has 2 aromatic carbocycles. The number of benzene rings is 2. The molecule has 4 rings (SSSR count). The Hall–Kier alpha value is -1.68. The zero-order chi connectivity index (χ0) is 24.1. The molecule has 2 saturated heterocycles. The van der Waals surface area contributed by atoms with Crippen molar-refractivity contribution in [3.63, 3.8) is 0 Å². The van der Waals surface area contributed by atoms with Gasteiger partial charge in [-0.3, -0.25) is 4.79 Å². The van der Waals surface area contributed by atoms with Gasteiger partial charge in [-0.05, 0) is 55.8 Å². The molecular weight excluding hydrogens is 495 g/mol. The maximum atomic E-state index is 13.2. The predicted molar refractivity (Wildman–Crippen MR) is 135 cm³/mol. The molecule has 1 N–H and O–H groups in total. The number of carbonyl (C=O) groups is 1. The molecule has 7 nitrogen and oxygen atoms in total. The van der Waals surface area contributed by atoms with Crippen molar-refractivity contribution in [1.82, 2.24) is 19.4 Å². The van der Waals surface area contributed by atoms with E-state index in [0.29, 0.717) is 36.2 Å². The van der Waals surface area contributed by atoms with Crippen LogP contribution in [0.3, 0.4) is 0 Å². The molecule has 0 saturated carbocycles. The van der Waals surface area contributed by atoms with Crippen LogP contribution in [0.4, 0.5) is 0 Å². The van der Waals surface area contributed by atoms with Crippen LogP contribution in [-0.2, 0) is 21.4 Å². The van der Waals surface area contributed by atoms with Gasteiger partial charge in [-0.25, -0.2) is 8.42 Å². The summed E-state index contributed by atoms with van der Waals surface area (Å²) < 4.78 is 27.9. The first-order chi connectivity index (χ1) is 16.3. The smallest absolute Gasteiger partial charge is 0.243 e. The fourth-order valence-electron chi connectivity index (χ4n) is 4.60. The number of hydrogen-bond acceptors (Lipinski definition) is 5. The summed E-state index contributed by atoms with van der Waals surface area (Å²) in [5.74, 6) is -0.0268. The average molecular weight is 526 g/mol. The van der Waals surface area contributed by atoms with Crippen molar-refractivity contribution in [2.24, 2.45) is 0 Å². The first kappa shape index (κ1) is 25.4. The van der Waals surface area contributed by atoms with Crippen LogP contribution in [0, 0.1) is 0 Å². The molecular formula is C24H30Cl2N4O3S. The van der Waals surface area contributed by atoms with Crippen LogP contribution < -0.4 is 5.32 Å². The number of amides is 1. The normalized spacial score (nSPS) is 20.1. The third-order valence-corrected chi connectivity index (χ3v) is 9.02. The molecule has 184 valence electrons. The Balaban J connectivity index is 1.41. The summed E-state index contributed by atoms with van der Waals surface area (Å²) in [6.45, 7) is 4.26. The summed E-state index contributed by atoms with van der Waals surface area (Å²) in [7, 11) is -3.60. The maximum absolute atomic E-state index is 13.2. The molecule has 2 aliphatic rings. The van der Waals surface area contributed by atoms with Crippen LogP contribution in [0.1, 0.15) is 18.4 Å². The highest BCUT2D eigenvalue weighted by Gasteiger charge is 2.37. The van der Waals surface area contributed by atoms with Crippen molar-refractivity contribution in [2.45, 2.75) is 30.3 Å². The van der Waals surface area contributed by atoms with Crippen LogP contribution in [0.5, 0.6) is 0 Å². The van der Waals surface area contributed by atoms with E-state index in [2.05, 4.69) is 10.2 Å². The fraction of sp³-hybridized carbons (Fsp3) is 0.458. The van der Waals surface area contributed by atoms with Crippen LogP contribution in [0.15, 0.2) is 53.4 Å². The van der Waals surface area contributed by atoms with Gasteiger partial charge in [0.05, 0.1) is 27.5 Å². The van der Waals surface area contributed by atoms with Crippen molar-refractivity contribution >= 4 is 39.1 Å². The van der Waals surface area contributed by atoms with E-state index in [-0.39, 0.29) is 29.9 Å². The molecule has 2 heterocycles. The Kier molecular flexibility index (Phi) is 8.50. The first-order valence-corrected chi connectivity index (χ1v) is 13.8. The molecule has 1 amide bonds.